The van der Waals surface area contributed by atoms with Crippen molar-refractivity contribution < 1.29 is 4.42 Å². The zero-order valence-electron chi connectivity index (χ0n) is 13.6. The molecule has 0 fully saturated rings. The van der Waals surface area contributed by atoms with Crippen LogP contribution < -0.4 is 5.32 Å². The van der Waals surface area contributed by atoms with Gasteiger partial charge in [-0.3, -0.25) is 4.90 Å². The van der Waals surface area contributed by atoms with E-state index in [1.165, 1.54) is 5.56 Å². The minimum absolute atomic E-state index is 0.131. The van der Waals surface area contributed by atoms with Crippen LogP contribution in [0.2, 0.25) is 0 Å². The summed E-state index contributed by atoms with van der Waals surface area (Å²) in [5, 5.41) is 3.51. The maximum absolute atomic E-state index is 5.65. The van der Waals surface area contributed by atoms with Crippen LogP contribution in [0.3, 0.4) is 0 Å². The summed E-state index contributed by atoms with van der Waals surface area (Å²) < 4.78 is 5.65. The Morgan fingerprint density at radius 1 is 1.26 bits per heavy atom. The van der Waals surface area contributed by atoms with Crippen molar-refractivity contribution >= 4 is 0 Å². The summed E-state index contributed by atoms with van der Waals surface area (Å²) >= 11 is 0. The number of rotatable bonds is 6. The average molecular weight is 266 g/mol. The first-order valence-corrected chi connectivity index (χ1v) is 7.21. The molecule has 1 aromatic heterocycles. The molecule has 1 aromatic rings. The van der Waals surface area contributed by atoms with Crippen molar-refractivity contribution in [3.63, 3.8) is 0 Å². The van der Waals surface area contributed by atoms with E-state index in [9.17, 15) is 0 Å². The van der Waals surface area contributed by atoms with Crippen LogP contribution >= 0.6 is 0 Å². The van der Waals surface area contributed by atoms with E-state index in [0.717, 1.165) is 18.8 Å². The van der Waals surface area contributed by atoms with Crippen LogP contribution in [-0.4, -0.2) is 23.5 Å². The first-order valence-electron chi connectivity index (χ1n) is 7.21. The maximum Gasteiger partial charge on any atom is 0.122 e. The summed E-state index contributed by atoms with van der Waals surface area (Å²) in [6.07, 6.45) is 1.79. The Hall–Kier alpha value is -0.800. The van der Waals surface area contributed by atoms with Gasteiger partial charge in [-0.1, -0.05) is 13.8 Å². The van der Waals surface area contributed by atoms with Gasteiger partial charge in [-0.15, -0.1) is 0 Å². The number of hydrogen-bond donors (Lipinski definition) is 1. The first-order chi connectivity index (χ1) is 8.70. The summed E-state index contributed by atoms with van der Waals surface area (Å²) in [4.78, 5) is 2.35. The summed E-state index contributed by atoms with van der Waals surface area (Å²) in [6.45, 7) is 15.0. The molecule has 0 bridgehead atoms. The molecular formula is C16H30N2O. The van der Waals surface area contributed by atoms with Gasteiger partial charge in [0.25, 0.3) is 0 Å². The molecule has 3 heteroatoms. The first kappa shape index (κ1) is 16.3. The molecule has 3 nitrogen and oxygen atoms in total. The van der Waals surface area contributed by atoms with E-state index >= 15 is 0 Å². The van der Waals surface area contributed by atoms with E-state index in [2.05, 4.69) is 64.9 Å². The second kappa shape index (κ2) is 6.58. The highest BCUT2D eigenvalue weighted by atomic mass is 16.3. The van der Waals surface area contributed by atoms with Crippen molar-refractivity contribution in [1.29, 1.82) is 0 Å². The highest BCUT2D eigenvalue weighted by Crippen LogP contribution is 2.17. The Morgan fingerprint density at radius 2 is 1.89 bits per heavy atom. The summed E-state index contributed by atoms with van der Waals surface area (Å²) in [7, 11) is 2.16. The zero-order valence-corrected chi connectivity index (χ0v) is 13.6. The van der Waals surface area contributed by atoms with Crippen LogP contribution in [-0.2, 0) is 13.1 Å². The van der Waals surface area contributed by atoms with E-state index < -0.39 is 0 Å². The van der Waals surface area contributed by atoms with Gasteiger partial charge >= 0.3 is 0 Å². The van der Waals surface area contributed by atoms with Gasteiger partial charge in [0.15, 0.2) is 0 Å². The van der Waals surface area contributed by atoms with Crippen molar-refractivity contribution in [3.05, 3.63) is 23.7 Å². The van der Waals surface area contributed by atoms with Crippen molar-refractivity contribution in [3.8, 4) is 0 Å². The lowest BCUT2D eigenvalue weighted by molar-refractivity contribution is 0.186. The second-order valence-corrected chi connectivity index (χ2v) is 6.87. The van der Waals surface area contributed by atoms with Crippen LogP contribution in [0.1, 0.15) is 52.9 Å². The van der Waals surface area contributed by atoms with Gasteiger partial charge in [-0.25, -0.2) is 0 Å². The highest BCUT2D eigenvalue weighted by Gasteiger charge is 2.17. The van der Waals surface area contributed by atoms with Gasteiger partial charge in [0.05, 0.1) is 12.8 Å². The standard InChI is InChI=1S/C16H30N2O/c1-12(2)13(3)18(7)11-15-14(8-9-19-15)10-17-16(4,5)6/h8-9,12-13,17H,10-11H2,1-7H3. The Bertz CT molecular complexity index is 376. The molecule has 1 atom stereocenters. The molecule has 0 aliphatic heterocycles. The molecule has 0 spiro atoms. The van der Waals surface area contributed by atoms with Gasteiger partial charge in [-0.05, 0) is 46.7 Å². The van der Waals surface area contributed by atoms with Crippen molar-refractivity contribution in [2.24, 2.45) is 5.92 Å². The highest BCUT2D eigenvalue weighted by molar-refractivity contribution is 5.17. The smallest absolute Gasteiger partial charge is 0.122 e. The van der Waals surface area contributed by atoms with E-state index in [-0.39, 0.29) is 5.54 Å². The van der Waals surface area contributed by atoms with Crippen LogP contribution in [0.4, 0.5) is 0 Å². The van der Waals surface area contributed by atoms with Gasteiger partial charge in [0, 0.05) is 23.7 Å². The van der Waals surface area contributed by atoms with E-state index in [1.54, 1.807) is 6.26 Å². The molecule has 0 aliphatic rings. The monoisotopic (exact) mass is 266 g/mol. The molecule has 110 valence electrons. The molecule has 0 radical (unpaired) electrons. The third-order valence-electron chi connectivity index (χ3n) is 3.70. The molecule has 1 heterocycles. The van der Waals surface area contributed by atoms with Gasteiger partial charge < -0.3 is 9.73 Å². The minimum atomic E-state index is 0.131. The Morgan fingerprint density at radius 3 is 2.42 bits per heavy atom. The lowest BCUT2D eigenvalue weighted by Gasteiger charge is -2.27. The largest absolute Gasteiger partial charge is 0.468 e. The molecule has 0 aliphatic carbocycles. The normalized spacial score (nSPS) is 14.4. The van der Waals surface area contributed by atoms with E-state index in [0.29, 0.717) is 12.0 Å². The number of furan rings is 1. The average Bonchev–Trinajstić information content (AvgIpc) is 2.71. The number of nitrogens with one attached hydrogen (secondary N) is 1. The SMILES string of the molecule is CC(C)C(C)N(C)Cc1occc1CNC(C)(C)C. The van der Waals surface area contributed by atoms with Crippen molar-refractivity contribution in [2.45, 2.75) is 66.2 Å². The second-order valence-electron chi connectivity index (χ2n) is 6.87. The van der Waals surface area contributed by atoms with Crippen LogP contribution in [0.15, 0.2) is 16.7 Å². The molecule has 0 amide bonds. The zero-order chi connectivity index (χ0) is 14.6. The quantitative estimate of drug-likeness (QED) is 0.852. The maximum atomic E-state index is 5.65. The fraction of sp³-hybridized carbons (Fsp3) is 0.750. The number of nitrogens with zero attached hydrogens (tertiary/aromatic N) is 1. The van der Waals surface area contributed by atoms with Crippen molar-refractivity contribution in [1.82, 2.24) is 10.2 Å². The van der Waals surface area contributed by atoms with Crippen molar-refractivity contribution in [2.75, 3.05) is 7.05 Å². The minimum Gasteiger partial charge on any atom is -0.468 e. The molecule has 0 aromatic carbocycles. The third-order valence-corrected chi connectivity index (χ3v) is 3.70. The lowest BCUT2D eigenvalue weighted by Crippen LogP contribution is -2.36. The Kier molecular flexibility index (Phi) is 5.63. The fourth-order valence-electron chi connectivity index (χ4n) is 1.90. The molecular weight excluding hydrogens is 236 g/mol. The fourth-order valence-corrected chi connectivity index (χ4v) is 1.90. The Labute approximate surface area is 118 Å². The van der Waals surface area contributed by atoms with E-state index in [1.807, 2.05) is 0 Å². The van der Waals surface area contributed by atoms with Gasteiger partial charge in [0.1, 0.15) is 5.76 Å². The summed E-state index contributed by atoms with van der Waals surface area (Å²) in [6, 6.07) is 2.62. The predicted octanol–water partition coefficient (Wildman–Crippen LogP) is 3.64. The number of hydrogen-bond acceptors (Lipinski definition) is 3. The van der Waals surface area contributed by atoms with Gasteiger partial charge in [-0.2, -0.15) is 0 Å². The molecule has 0 saturated heterocycles. The van der Waals surface area contributed by atoms with E-state index in [4.69, 9.17) is 4.42 Å². The molecule has 19 heavy (non-hydrogen) atoms. The Balaban J connectivity index is 2.62. The molecule has 1 N–H and O–H groups in total. The summed E-state index contributed by atoms with van der Waals surface area (Å²) in [5.74, 6) is 1.72. The third kappa shape index (κ3) is 5.37. The lowest BCUT2D eigenvalue weighted by atomic mass is 10.0. The van der Waals surface area contributed by atoms with Gasteiger partial charge in [0.2, 0.25) is 0 Å². The summed E-state index contributed by atoms with van der Waals surface area (Å²) in [5.41, 5.74) is 1.39. The topological polar surface area (TPSA) is 28.4 Å². The predicted molar refractivity (Wildman–Crippen MR) is 81.1 cm³/mol. The van der Waals surface area contributed by atoms with Crippen LogP contribution in [0.5, 0.6) is 0 Å². The molecule has 0 saturated carbocycles. The van der Waals surface area contributed by atoms with Crippen LogP contribution in [0.25, 0.3) is 0 Å². The molecule has 1 rings (SSSR count). The van der Waals surface area contributed by atoms with Crippen LogP contribution in [0, 0.1) is 5.92 Å². The molecule has 1 unspecified atom stereocenters.